The fraction of sp³-hybridized carbons (Fsp3) is 0. The van der Waals surface area contributed by atoms with Gasteiger partial charge in [0.2, 0.25) is 0 Å². The van der Waals surface area contributed by atoms with Crippen LogP contribution in [0.4, 0.5) is 0 Å². The van der Waals surface area contributed by atoms with Crippen LogP contribution in [0.15, 0.2) is 0 Å². The van der Waals surface area contributed by atoms with Crippen LogP contribution >= 0.6 is 70.6 Å². The molecule has 0 aromatic heterocycles. The Bertz CT molecular complexity index is 65.5. The van der Waals surface area contributed by atoms with Crippen LogP contribution in [-0.2, 0) is 0 Å². The van der Waals surface area contributed by atoms with Crippen molar-refractivity contribution in [2.24, 2.45) is 0 Å². The molecule has 0 amide bonds. The van der Waals surface area contributed by atoms with E-state index in [-0.39, 0.29) is 0 Å². The van der Waals surface area contributed by atoms with Crippen LogP contribution in [0, 0.1) is 0 Å². The Morgan fingerprint density at radius 3 is 0.700 bits per heavy atom. The molecule has 0 rings (SSSR count). The van der Waals surface area contributed by atoms with Crippen molar-refractivity contribution in [2.45, 2.75) is 0 Å². The zero-order valence-corrected chi connectivity index (χ0v) is 15.1. The molecular weight excluding hydrogens is 527 g/mol. The molecule has 0 bridgehead atoms. The van der Waals surface area contributed by atoms with Crippen LogP contribution in [-0.4, -0.2) is 28.5 Å². The zero-order chi connectivity index (χ0) is 9.02. The van der Waals surface area contributed by atoms with Gasteiger partial charge in [0.1, 0.15) is 0 Å². The molecule has 0 N–H and O–H groups in total. The Labute approximate surface area is 96.7 Å². The Morgan fingerprint density at radius 2 is 0.700 bits per heavy atom. The van der Waals surface area contributed by atoms with Crippen molar-refractivity contribution in [3.63, 3.8) is 0 Å². The normalized spacial score (nSPS) is 15.1. The van der Waals surface area contributed by atoms with Gasteiger partial charge in [0.05, 0.1) is 0 Å². The van der Waals surface area contributed by atoms with Crippen LogP contribution in [0.1, 0.15) is 0 Å². The maximum absolute atomic E-state index is 5.05. The van der Waals surface area contributed by atoms with Gasteiger partial charge < -0.3 is 0 Å². The summed E-state index contributed by atoms with van der Waals surface area (Å²) in [7, 11) is 40.2. The van der Waals surface area contributed by atoms with Crippen molar-refractivity contribution in [1.82, 2.24) is 0 Å². The standard InChI is InChI=1S/8ClH.2Sb/h8*1H;;/q;;;;;;;;+3;+5/p-8. The molecule has 66 valence electrons. The van der Waals surface area contributed by atoms with E-state index in [0.29, 0.717) is 0 Å². The van der Waals surface area contributed by atoms with Gasteiger partial charge in [0, 0.05) is 0 Å². The van der Waals surface area contributed by atoms with Crippen molar-refractivity contribution < 1.29 is 0 Å². The van der Waals surface area contributed by atoms with Gasteiger partial charge in [-0.1, -0.05) is 0 Å². The molecule has 0 aliphatic rings. The van der Waals surface area contributed by atoms with Gasteiger partial charge >= 0.3 is 99.1 Å². The monoisotopic (exact) mass is 522 g/mol. The summed E-state index contributed by atoms with van der Waals surface area (Å²) in [5, 5.41) is 0. The van der Waals surface area contributed by atoms with Crippen molar-refractivity contribution in [1.29, 1.82) is 0 Å². The minimum atomic E-state index is -4.33. The molecule has 0 heterocycles. The summed E-state index contributed by atoms with van der Waals surface area (Å²) in [4.78, 5) is 0. The van der Waals surface area contributed by atoms with Gasteiger partial charge in [-0.2, -0.15) is 0 Å². The topological polar surface area (TPSA) is 0 Å². The van der Waals surface area contributed by atoms with E-state index in [1.807, 2.05) is 0 Å². The zero-order valence-electron chi connectivity index (χ0n) is 3.92. The molecule has 0 aliphatic heterocycles. The molecule has 0 aromatic carbocycles. The fourth-order valence-electron chi connectivity index (χ4n) is 0. The van der Waals surface area contributed by atoms with Crippen molar-refractivity contribution >= 4 is 99.1 Å². The summed E-state index contributed by atoms with van der Waals surface area (Å²) in [6, 6.07) is 0. The molecule has 0 aromatic rings. The summed E-state index contributed by atoms with van der Waals surface area (Å²) >= 11 is -6.36. The number of hydrogen-bond acceptors (Lipinski definition) is 0. The Hall–Kier alpha value is 3.96. The molecule has 0 saturated heterocycles. The first-order valence-corrected chi connectivity index (χ1v) is 27.2. The Morgan fingerprint density at radius 1 is 0.700 bits per heavy atom. The molecule has 0 atom stereocenters. The summed E-state index contributed by atoms with van der Waals surface area (Å²) in [5.74, 6) is 0. The van der Waals surface area contributed by atoms with Gasteiger partial charge in [0.25, 0.3) is 0 Å². The molecule has 0 spiro atoms. The van der Waals surface area contributed by atoms with E-state index in [0.717, 1.165) is 0 Å². The maximum atomic E-state index is 5.05. The third-order valence-corrected chi connectivity index (χ3v) is 0. The van der Waals surface area contributed by atoms with Crippen LogP contribution < -0.4 is 0 Å². The van der Waals surface area contributed by atoms with Crippen LogP contribution in [0.3, 0.4) is 0 Å². The average Bonchev–Trinajstić information content (AvgIpc) is 1.14. The molecule has 0 aliphatic carbocycles. The second kappa shape index (κ2) is 6.44. The van der Waals surface area contributed by atoms with Gasteiger partial charge in [0.15, 0.2) is 0 Å². The van der Waals surface area contributed by atoms with Crippen LogP contribution in [0.2, 0.25) is 0 Å². The van der Waals surface area contributed by atoms with Crippen molar-refractivity contribution in [3.8, 4) is 0 Å². The first-order chi connectivity index (χ1) is 3.97. The van der Waals surface area contributed by atoms with Crippen LogP contribution in [0.5, 0.6) is 0 Å². The van der Waals surface area contributed by atoms with E-state index in [2.05, 4.69) is 0 Å². The average molecular weight is 527 g/mol. The molecule has 0 unspecified atom stereocenters. The quantitative estimate of drug-likeness (QED) is 0.399. The molecule has 0 fully saturated rings. The van der Waals surface area contributed by atoms with Gasteiger partial charge in [-0.25, -0.2) is 0 Å². The Balaban J connectivity index is 0. The second-order valence-electron chi connectivity index (χ2n) is 0.831. The van der Waals surface area contributed by atoms with Gasteiger partial charge in [-0.3, -0.25) is 0 Å². The molecule has 10 heavy (non-hydrogen) atoms. The first-order valence-electron chi connectivity index (χ1n) is 1.35. The molecule has 0 radical (unpaired) electrons. The number of halogens is 8. The third kappa shape index (κ3) is 91.7. The SMILES string of the molecule is [Cl][Sb]([Cl])([Cl])([Cl])[Cl].[Cl][Sb]([Cl])[Cl]. The summed E-state index contributed by atoms with van der Waals surface area (Å²) in [6.07, 6.45) is 0. The van der Waals surface area contributed by atoms with Crippen molar-refractivity contribution in [2.75, 3.05) is 0 Å². The summed E-state index contributed by atoms with van der Waals surface area (Å²) in [5.41, 5.74) is 0. The second-order valence-corrected chi connectivity index (χ2v) is 50.1. The predicted octanol–water partition coefficient (Wildman–Crippen LogP) is 4.75. The summed E-state index contributed by atoms with van der Waals surface area (Å²) < 4.78 is 0. The van der Waals surface area contributed by atoms with Crippen LogP contribution in [0.25, 0.3) is 0 Å². The molecule has 0 nitrogen and oxygen atoms in total. The van der Waals surface area contributed by atoms with E-state index in [1.54, 1.807) is 0 Å². The summed E-state index contributed by atoms with van der Waals surface area (Å²) in [6.45, 7) is 0. The van der Waals surface area contributed by atoms with E-state index in [4.69, 9.17) is 70.6 Å². The molecule has 0 saturated carbocycles. The van der Waals surface area contributed by atoms with Gasteiger partial charge in [-0.05, 0) is 0 Å². The first kappa shape index (κ1) is 16.4. The number of hydrogen-bond donors (Lipinski definition) is 0. The van der Waals surface area contributed by atoms with Gasteiger partial charge in [-0.15, -0.1) is 0 Å². The minimum absolute atomic E-state index is 2.03. The van der Waals surface area contributed by atoms with Crippen molar-refractivity contribution in [3.05, 3.63) is 0 Å². The van der Waals surface area contributed by atoms with E-state index in [9.17, 15) is 0 Å². The Kier molecular flexibility index (Phi) is 10.6. The number of rotatable bonds is 0. The fourth-order valence-corrected chi connectivity index (χ4v) is 0. The molecular formula is Cl8Sb2. The van der Waals surface area contributed by atoms with E-state index >= 15 is 0 Å². The predicted molar refractivity (Wildman–Crippen MR) is 58.3 cm³/mol. The third-order valence-electron chi connectivity index (χ3n) is 0. The molecule has 10 heteroatoms. The van der Waals surface area contributed by atoms with E-state index in [1.165, 1.54) is 0 Å². The van der Waals surface area contributed by atoms with E-state index < -0.39 is 28.5 Å².